The van der Waals surface area contributed by atoms with E-state index in [1.165, 1.54) is 0 Å². The Morgan fingerprint density at radius 3 is 2.04 bits per heavy atom. The number of carbonyl (C=O) groups excluding carboxylic acids is 2. The normalized spacial score (nSPS) is 31.6. The Bertz CT molecular complexity index is 508. The Morgan fingerprint density at radius 1 is 1.08 bits per heavy atom. The molecule has 0 radical (unpaired) electrons. The first-order valence-electron chi connectivity index (χ1n) is 9.45. The van der Waals surface area contributed by atoms with Crippen LogP contribution < -0.4 is 5.73 Å². The van der Waals surface area contributed by atoms with E-state index in [9.17, 15) is 9.59 Å². The predicted octanol–water partition coefficient (Wildman–Crippen LogP) is 5.33. The van der Waals surface area contributed by atoms with E-state index in [4.69, 9.17) is 5.73 Å². The number of rotatable bonds is 10. The highest BCUT2D eigenvalue weighted by molar-refractivity contribution is 9.10. The van der Waals surface area contributed by atoms with Crippen LogP contribution in [0.25, 0.3) is 0 Å². The fourth-order valence-electron chi connectivity index (χ4n) is 3.65. The SMILES string of the molecule is CCCCC(Br)C(=O)C1(C)C=CCC(C)(C(=O)C(Br)CCCC)C1N. The maximum Gasteiger partial charge on any atom is 0.157 e. The number of hydrogen-bond acceptors (Lipinski definition) is 3. The number of Topliss-reactive ketones (excluding diaryl/α,β-unsaturated/α-hetero) is 2. The van der Waals surface area contributed by atoms with Gasteiger partial charge in [-0.2, -0.15) is 0 Å². The van der Waals surface area contributed by atoms with Crippen molar-refractivity contribution in [1.29, 1.82) is 0 Å². The second-order valence-electron chi connectivity index (χ2n) is 7.73. The predicted molar refractivity (Wildman–Crippen MR) is 112 cm³/mol. The van der Waals surface area contributed by atoms with Gasteiger partial charge in [0.15, 0.2) is 11.6 Å². The van der Waals surface area contributed by atoms with Crippen molar-refractivity contribution in [3.63, 3.8) is 0 Å². The van der Waals surface area contributed by atoms with Crippen molar-refractivity contribution in [3.8, 4) is 0 Å². The molecule has 5 heteroatoms. The molecule has 0 aromatic rings. The Kier molecular flexibility index (Phi) is 9.03. The molecule has 3 nitrogen and oxygen atoms in total. The summed E-state index contributed by atoms with van der Waals surface area (Å²) in [4.78, 5) is 25.8. The standard InChI is InChI=1S/C20H33Br2NO2/c1-5-7-10-14(21)16(24)19(3)12-9-13-20(4,18(19)23)17(25)15(22)11-8-6-2/h9,12,14-15,18H,5-8,10-11,13,23H2,1-4H3. The Hall–Kier alpha value is -0.0000000000000000763. The highest BCUT2D eigenvalue weighted by atomic mass is 79.9. The van der Waals surface area contributed by atoms with Gasteiger partial charge in [0.1, 0.15) is 0 Å². The summed E-state index contributed by atoms with van der Waals surface area (Å²) in [5.74, 6) is 0.208. The van der Waals surface area contributed by atoms with Crippen LogP contribution in [-0.4, -0.2) is 27.3 Å². The molecule has 0 heterocycles. The summed E-state index contributed by atoms with van der Waals surface area (Å²) in [6, 6.07) is -0.520. The quantitative estimate of drug-likeness (QED) is 0.340. The summed E-state index contributed by atoms with van der Waals surface area (Å²) >= 11 is 7.10. The van der Waals surface area contributed by atoms with E-state index in [1.807, 2.05) is 26.0 Å². The molecule has 1 aliphatic rings. The van der Waals surface area contributed by atoms with E-state index < -0.39 is 16.9 Å². The second kappa shape index (κ2) is 9.80. The van der Waals surface area contributed by atoms with E-state index in [0.717, 1.165) is 38.5 Å². The van der Waals surface area contributed by atoms with Crippen LogP contribution in [-0.2, 0) is 9.59 Å². The number of alkyl halides is 2. The van der Waals surface area contributed by atoms with Crippen LogP contribution in [0.4, 0.5) is 0 Å². The summed E-state index contributed by atoms with van der Waals surface area (Å²) in [5.41, 5.74) is 5.05. The van der Waals surface area contributed by atoms with Crippen LogP contribution in [0.3, 0.4) is 0 Å². The second-order valence-corrected chi connectivity index (χ2v) is 9.94. The van der Waals surface area contributed by atoms with E-state index >= 15 is 0 Å². The van der Waals surface area contributed by atoms with Crippen molar-refractivity contribution in [2.24, 2.45) is 16.6 Å². The molecule has 5 atom stereocenters. The lowest BCUT2D eigenvalue weighted by Gasteiger charge is -2.46. The smallest absolute Gasteiger partial charge is 0.157 e. The monoisotopic (exact) mass is 477 g/mol. The molecule has 0 aromatic heterocycles. The van der Waals surface area contributed by atoms with Crippen LogP contribution in [0.1, 0.15) is 72.6 Å². The zero-order valence-corrected chi connectivity index (χ0v) is 19.2. The van der Waals surface area contributed by atoms with Gasteiger partial charge in [0.25, 0.3) is 0 Å². The van der Waals surface area contributed by atoms with Crippen LogP contribution >= 0.6 is 31.9 Å². The largest absolute Gasteiger partial charge is 0.326 e. The minimum absolute atomic E-state index is 0.0862. The van der Waals surface area contributed by atoms with Gasteiger partial charge in [0.05, 0.1) is 15.1 Å². The minimum Gasteiger partial charge on any atom is -0.326 e. The van der Waals surface area contributed by atoms with E-state index in [2.05, 4.69) is 45.7 Å². The topological polar surface area (TPSA) is 60.2 Å². The number of nitrogens with two attached hydrogens (primary N) is 1. The van der Waals surface area contributed by atoms with Gasteiger partial charge >= 0.3 is 0 Å². The minimum atomic E-state index is -0.817. The summed E-state index contributed by atoms with van der Waals surface area (Å²) in [7, 11) is 0. The number of hydrogen-bond donors (Lipinski definition) is 1. The molecule has 0 bridgehead atoms. The fourth-order valence-corrected chi connectivity index (χ4v) is 5.32. The molecule has 144 valence electrons. The summed E-state index contributed by atoms with van der Waals surface area (Å²) in [6.45, 7) is 8.03. The van der Waals surface area contributed by atoms with Crippen LogP contribution in [0.5, 0.6) is 0 Å². The van der Waals surface area contributed by atoms with Crippen LogP contribution in [0, 0.1) is 10.8 Å². The number of carbonyl (C=O) groups is 2. The van der Waals surface area contributed by atoms with Gasteiger partial charge in [0.2, 0.25) is 0 Å². The van der Waals surface area contributed by atoms with Crippen molar-refractivity contribution in [3.05, 3.63) is 12.2 Å². The molecule has 1 rings (SSSR count). The first-order chi connectivity index (χ1) is 11.6. The molecule has 25 heavy (non-hydrogen) atoms. The molecular weight excluding hydrogens is 446 g/mol. The molecule has 0 aliphatic heterocycles. The van der Waals surface area contributed by atoms with Crippen molar-refractivity contribution < 1.29 is 9.59 Å². The first-order valence-corrected chi connectivity index (χ1v) is 11.3. The summed E-state index contributed by atoms with van der Waals surface area (Å²) in [5, 5.41) is 0. The molecule has 0 saturated carbocycles. The molecule has 0 saturated heterocycles. The van der Waals surface area contributed by atoms with Gasteiger partial charge < -0.3 is 5.73 Å². The van der Waals surface area contributed by atoms with Gasteiger partial charge in [-0.05, 0) is 26.2 Å². The van der Waals surface area contributed by atoms with Crippen molar-refractivity contribution in [2.75, 3.05) is 0 Å². The highest BCUT2D eigenvalue weighted by Gasteiger charge is 2.53. The molecule has 0 aromatic carbocycles. The fraction of sp³-hybridized carbons (Fsp3) is 0.800. The van der Waals surface area contributed by atoms with Gasteiger partial charge in [-0.1, -0.05) is 90.5 Å². The van der Waals surface area contributed by atoms with Crippen molar-refractivity contribution in [1.82, 2.24) is 0 Å². The van der Waals surface area contributed by atoms with Gasteiger partial charge in [-0.15, -0.1) is 0 Å². The maximum absolute atomic E-state index is 13.1. The number of allylic oxidation sites excluding steroid dienone is 1. The number of unbranched alkanes of at least 4 members (excludes halogenated alkanes) is 2. The van der Waals surface area contributed by atoms with E-state index in [0.29, 0.717) is 6.42 Å². The molecule has 0 fully saturated rings. The Morgan fingerprint density at radius 2 is 1.56 bits per heavy atom. The van der Waals surface area contributed by atoms with Crippen LogP contribution in [0.15, 0.2) is 12.2 Å². The molecule has 5 unspecified atom stereocenters. The van der Waals surface area contributed by atoms with Gasteiger partial charge in [-0.25, -0.2) is 0 Å². The van der Waals surface area contributed by atoms with Crippen molar-refractivity contribution >= 4 is 43.4 Å². The molecule has 0 spiro atoms. The molecule has 0 amide bonds. The Balaban J connectivity index is 3.03. The average Bonchev–Trinajstić information content (AvgIpc) is 2.60. The zero-order chi connectivity index (χ0) is 19.3. The highest BCUT2D eigenvalue weighted by Crippen LogP contribution is 2.45. The number of ketones is 2. The summed E-state index contributed by atoms with van der Waals surface area (Å²) < 4.78 is 0. The molecule has 1 aliphatic carbocycles. The third kappa shape index (κ3) is 5.04. The zero-order valence-electron chi connectivity index (χ0n) is 16.0. The lowest BCUT2D eigenvalue weighted by atomic mass is 9.59. The maximum atomic E-state index is 13.1. The van der Waals surface area contributed by atoms with Gasteiger partial charge in [-0.3, -0.25) is 9.59 Å². The number of halogens is 2. The third-order valence-corrected chi connectivity index (χ3v) is 7.37. The van der Waals surface area contributed by atoms with E-state index in [1.54, 1.807) is 0 Å². The third-order valence-electron chi connectivity index (χ3n) is 5.62. The first kappa shape index (κ1) is 23.0. The van der Waals surface area contributed by atoms with Crippen molar-refractivity contribution in [2.45, 2.75) is 88.3 Å². The lowest BCUT2D eigenvalue weighted by Crippen LogP contribution is -2.60. The molecule has 2 N–H and O–H groups in total. The lowest BCUT2D eigenvalue weighted by molar-refractivity contribution is -0.134. The molecular formula is C20H33Br2NO2. The average molecular weight is 479 g/mol. The van der Waals surface area contributed by atoms with E-state index in [-0.39, 0.29) is 21.2 Å². The van der Waals surface area contributed by atoms with Gasteiger partial charge in [0, 0.05) is 11.5 Å². The van der Waals surface area contributed by atoms with Crippen LogP contribution in [0.2, 0.25) is 0 Å². The summed E-state index contributed by atoms with van der Waals surface area (Å²) in [6.07, 6.45) is 10.2. The Labute approximate surface area is 169 Å².